The Morgan fingerprint density at radius 1 is 1.53 bits per heavy atom. The summed E-state index contributed by atoms with van der Waals surface area (Å²) in [4.78, 5) is 6.84. The summed E-state index contributed by atoms with van der Waals surface area (Å²) in [6, 6.07) is 0.528. The van der Waals surface area contributed by atoms with Gasteiger partial charge >= 0.3 is 0 Å². The number of methoxy groups -OCH3 is 1. The van der Waals surface area contributed by atoms with E-state index in [2.05, 4.69) is 33.7 Å². The minimum atomic E-state index is 0.528. The number of nitrogens with zero attached hydrogens (tertiary/aromatic N) is 3. The predicted octanol–water partition coefficient (Wildman–Crippen LogP) is 1.67. The third-order valence-corrected chi connectivity index (χ3v) is 3.89. The van der Waals surface area contributed by atoms with Crippen LogP contribution < -0.4 is 5.32 Å². The van der Waals surface area contributed by atoms with E-state index in [1.165, 1.54) is 6.42 Å². The molecule has 2 heterocycles. The number of likely N-dealkylation sites (tertiary alicyclic amines) is 1. The van der Waals surface area contributed by atoms with Crippen LogP contribution in [0.1, 0.15) is 19.8 Å². The molecule has 1 aromatic heterocycles. The van der Waals surface area contributed by atoms with Gasteiger partial charge in [0.25, 0.3) is 0 Å². The number of piperidine rings is 1. The lowest BCUT2D eigenvalue weighted by atomic mass is 9.94. The molecule has 2 rings (SSSR count). The van der Waals surface area contributed by atoms with Crippen molar-refractivity contribution >= 4 is 5.95 Å². The molecule has 0 amide bonds. The summed E-state index contributed by atoms with van der Waals surface area (Å²) in [6.07, 6.45) is 6.11. The molecule has 5 heteroatoms. The fourth-order valence-electron chi connectivity index (χ4n) is 2.74. The second kappa shape index (κ2) is 6.91. The smallest absolute Gasteiger partial charge is 0.202 e. The molecule has 1 aromatic rings. The lowest BCUT2D eigenvalue weighted by Crippen LogP contribution is -2.43. The van der Waals surface area contributed by atoms with Gasteiger partial charge in [0.15, 0.2) is 0 Å². The van der Waals surface area contributed by atoms with E-state index < -0.39 is 0 Å². The van der Waals surface area contributed by atoms with Crippen LogP contribution in [0.25, 0.3) is 0 Å². The topological polar surface area (TPSA) is 42.3 Å². The highest BCUT2D eigenvalue weighted by Gasteiger charge is 2.24. The zero-order chi connectivity index (χ0) is 13.7. The van der Waals surface area contributed by atoms with Gasteiger partial charge in [0, 0.05) is 45.2 Å². The quantitative estimate of drug-likeness (QED) is 0.795. The summed E-state index contributed by atoms with van der Waals surface area (Å²) in [7, 11) is 3.94. The molecule has 0 spiro atoms. The third-order valence-electron chi connectivity index (χ3n) is 3.89. The van der Waals surface area contributed by atoms with Crippen LogP contribution in [-0.2, 0) is 11.3 Å². The van der Waals surface area contributed by atoms with Crippen LogP contribution in [0, 0.1) is 5.92 Å². The number of rotatable bonds is 6. The maximum atomic E-state index is 5.10. The highest BCUT2D eigenvalue weighted by molar-refractivity contribution is 5.28. The van der Waals surface area contributed by atoms with Gasteiger partial charge in [-0.3, -0.25) is 0 Å². The average molecular weight is 266 g/mol. The molecule has 108 valence electrons. The van der Waals surface area contributed by atoms with Gasteiger partial charge in [-0.2, -0.15) is 0 Å². The largest absolute Gasteiger partial charge is 0.385 e. The molecule has 1 saturated heterocycles. The number of aromatic nitrogens is 2. The molecule has 19 heavy (non-hydrogen) atoms. The van der Waals surface area contributed by atoms with Gasteiger partial charge in [0.2, 0.25) is 5.95 Å². The average Bonchev–Trinajstić information content (AvgIpc) is 2.81. The molecule has 1 fully saturated rings. The van der Waals surface area contributed by atoms with E-state index in [0.29, 0.717) is 12.0 Å². The molecular weight excluding hydrogens is 240 g/mol. The van der Waals surface area contributed by atoms with Gasteiger partial charge < -0.3 is 19.5 Å². The summed E-state index contributed by atoms with van der Waals surface area (Å²) < 4.78 is 7.28. The SMILES string of the molecule is COCCCn1ccnc1NC1CCN(C)CC1C. The maximum absolute atomic E-state index is 5.10. The van der Waals surface area contributed by atoms with Crippen molar-refractivity contribution in [2.75, 3.05) is 39.2 Å². The van der Waals surface area contributed by atoms with Crippen molar-refractivity contribution in [1.29, 1.82) is 0 Å². The monoisotopic (exact) mass is 266 g/mol. The van der Waals surface area contributed by atoms with Crippen LogP contribution in [0.4, 0.5) is 5.95 Å². The minimum Gasteiger partial charge on any atom is -0.385 e. The fourth-order valence-corrected chi connectivity index (χ4v) is 2.74. The molecule has 2 unspecified atom stereocenters. The molecule has 1 aliphatic rings. The fraction of sp³-hybridized carbons (Fsp3) is 0.786. The Morgan fingerprint density at radius 3 is 3.11 bits per heavy atom. The molecule has 0 aromatic carbocycles. The highest BCUT2D eigenvalue weighted by Crippen LogP contribution is 2.19. The van der Waals surface area contributed by atoms with Crippen LogP contribution in [0.5, 0.6) is 0 Å². The third kappa shape index (κ3) is 3.94. The van der Waals surface area contributed by atoms with Gasteiger partial charge in [-0.25, -0.2) is 4.98 Å². The van der Waals surface area contributed by atoms with E-state index in [9.17, 15) is 0 Å². The van der Waals surface area contributed by atoms with E-state index in [1.54, 1.807) is 7.11 Å². The number of ether oxygens (including phenoxy) is 1. The van der Waals surface area contributed by atoms with Gasteiger partial charge in [0.05, 0.1) is 0 Å². The van der Waals surface area contributed by atoms with E-state index >= 15 is 0 Å². The van der Waals surface area contributed by atoms with Crippen molar-refractivity contribution in [3.63, 3.8) is 0 Å². The Labute approximate surface area is 116 Å². The Kier molecular flexibility index (Phi) is 5.22. The molecule has 0 saturated carbocycles. The molecule has 2 atom stereocenters. The standard InChI is InChI=1S/C14H26N4O/c1-12-11-17(2)8-5-13(12)16-14-15-6-9-18(14)7-4-10-19-3/h6,9,12-13H,4-5,7-8,10-11H2,1-3H3,(H,15,16). The Morgan fingerprint density at radius 2 is 2.37 bits per heavy atom. The van der Waals surface area contributed by atoms with E-state index in [1.807, 2.05) is 12.4 Å². The highest BCUT2D eigenvalue weighted by atomic mass is 16.5. The van der Waals surface area contributed by atoms with Gasteiger partial charge in [0.1, 0.15) is 0 Å². The Bertz CT molecular complexity index is 379. The number of aryl methyl sites for hydroxylation is 1. The van der Waals surface area contributed by atoms with Gasteiger partial charge in [-0.1, -0.05) is 6.92 Å². The molecule has 5 nitrogen and oxygen atoms in total. The zero-order valence-electron chi connectivity index (χ0n) is 12.3. The zero-order valence-corrected chi connectivity index (χ0v) is 12.3. The van der Waals surface area contributed by atoms with Crippen LogP contribution in [0.2, 0.25) is 0 Å². The van der Waals surface area contributed by atoms with Gasteiger partial charge in [-0.05, 0) is 32.4 Å². The number of hydrogen-bond donors (Lipinski definition) is 1. The predicted molar refractivity (Wildman–Crippen MR) is 77.4 cm³/mol. The number of nitrogens with one attached hydrogen (secondary N) is 1. The van der Waals surface area contributed by atoms with Crippen molar-refractivity contribution < 1.29 is 4.74 Å². The first-order valence-electron chi connectivity index (χ1n) is 7.16. The lowest BCUT2D eigenvalue weighted by Gasteiger charge is -2.35. The maximum Gasteiger partial charge on any atom is 0.202 e. The van der Waals surface area contributed by atoms with E-state index in [-0.39, 0.29) is 0 Å². The van der Waals surface area contributed by atoms with E-state index in [4.69, 9.17) is 4.74 Å². The van der Waals surface area contributed by atoms with Crippen molar-refractivity contribution in [3.8, 4) is 0 Å². The van der Waals surface area contributed by atoms with Crippen molar-refractivity contribution in [2.45, 2.75) is 32.4 Å². The van der Waals surface area contributed by atoms with Crippen LogP contribution in [0.3, 0.4) is 0 Å². The van der Waals surface area contributed by atoms with Crippen molar-refractivity contribution in [1.82, 2.24) is 14.5 Å². The van der Waals surface area contributed by atoms with Crippen molar-refractivity contribution in [3.05, 3.63) is 12.4 Å². The molecule has 0 aliphatic carbocycles. The molecule has 1 N–H and O–H groups in total. The lowest BCUT2D eigenvalue weighted by molar-refractivity contribution is 0.190. The Hall–Kier alpha value is -1.07. The van der Waals surface area contributed by atoms with Crippen LogP contribution in [0.15, 0.2) is 12.4 Å². The van der Waals surface area contributed by atoms with Crippen molar-refractivity contribution in [2.24, 2.45) is 5.92 Å². The second-order valence-electron chi connectivity index (χ2n) is 5.57. The number of imidazole rings is 1. The number of hydrogen-bond acceptors (Lipinski definition) is 4. The molecular formula is C14H26N4O. The van der Waals surface area contributed by atoms with Gasteiger partial charge in [-0.15, -0.1) is 0 Å². The first kappa shape index (κ1) is 14.3. The number of anilines is 1. The first-order valence-corrected chi connectivity index (χ1v) is 7.16. The summed E-state index contributed by atoms with van der Waals surface area (Å²) in [6.45, 7) is 6.37. The normalized spacial score (nSPS) is 24.6. The minimum absolute atomic E-state index is 0.528. The van der Waals surface area contributed by atoms with E-state index in [0.717, 1.165) is 38.6 Å². The van der Waals surface area contributed by atoms with Crippen LogP contribution in [-0.4, -0.2) is 54.3 Å². The Balaban J connectivity index is 1.90. The molecule has 1 aliphatic heterocycles. The first-order chi connectivity index (χ1) is 9.20. The summed E-state index contributed by atoms with van der Waals surface area (Å²) in [5.74, 6) is 1.65. The summed E-state index contributed by atoms with van der Waals surface area (Å²) in [5, 5.41) is 3.61. The molecule has 0 radical (unpaired) electrons. The summed E-state index contributed by atoms with van der Waals surface area (Å²) >= 11 is 0. The second-order valence-corrected chi connectivity index (χ2v) is 5.57. The summed E-state index contributed by atoms with van der Waals surface area (Å²) in [5.41, 5.74) is 0. The van der Waals surface area contributed by atoms with Crippen LogP contribution >= 0.6 is 0 Å². The molecule has 0 bridgehead atoms.